The zero-order valence-electron chi connectivity index (χ0n) is 13.1. The molecule has 0 aromatic carbocycles. The van der Waals surface area contributed by atoms with E-state index in [4.69, 9.17) is 5.73 Å². The number of rotatable bonds is 2. The highest BCUT2D eigenvalue weighted by Crippen LogP contribution is 2.43. The minimum atomic E-state index is 0. The van der Waals surface area contributed by atoms with Crippen LogP contribution in [0.4, 0.5) is 0 Å². The summed E-state index contributed by atoms with van der Waals surface area (Å²) in [6.45, 7) is 2.69. The Bertz CT molecular complexity index is 342. The van der Waals surface area contributed by atoms with Gasteiger partial charge in [0.2, 0.25) is 5.91 Å². The molecule has 3 rings (SSSR count). The van der Waals surface area contributed by atoms with E-state index >= 15 is 0 Å². The predicted molar refractivity (Wildman–Crippen MR) is 88.4 cm³/mol. The zero-order valence-corrected chi connectivity index (χ0v) is 14.0. The lowest BCUT2D eigenvalue weighted by Gasteiger charge is -2.41. The quantitative estimate of drug-likeness (QED) is 0.850. The first kappa shape index (κ1) is 17.1. The molecule has 0 bridgehead atoms. The number of hydrogen-bond acceptors (Lipinski definition) is 2. The van der Waals surface area contributed by atoms with Gasteiger partial charge in [-0.25, -0.2) is 0 Å². The van der Waals surface area contributed by atoms with E-state index in [2.05, 4.69) is 4.90 Å². The number of hydrogen-bond donors (Lipinski definition) is 1. The Hall–Kier alpha value is -0.280. The number of fused-ring (bicyclic) bond motifs is 1. The molecule has 122 valence electrons. The van der Waals surface area contributed by atoms with Crippen molar-refractivity contribution in [2.24, 2.45) is 29.4 Å². The van der Waals surface area contributed by atoms with E-state index in [0.717, 1.165) is 50.7 Å². The normalized spacial score (nSPS) is 34.0. The molecule has 0 aromatic rings. The van der Waals surface area contributed by atoms with E-state index in [-0.39, 0.29) is 12.4 Å². The van der Waals surface area contributed by atoms with Gasteiger partial charge < -0.3 is 10.6 Å². The maximum atomic E-state index is 12.7. The Morgan fingerprint density at radius 3 is 2.29 bits per heavy atom. The summed E-state index contributed by atoms with van der Waals surface area (Å²) in [5, 5.41) is 0. The molecule has 0 aromatic heterocycles. The predicted octanol–water partition coefficient (Wildman–Crippen LogP) is 3.21. The molecule has 2 aliphatic carbocycles. The number of likely N-dealkylation sites (tertiary alicyclic amines) is 1. The van der Waals surface area contributed by atoms with Gasteiger partial charge in [0.15, 0.2) is 0 Å². The van der Waals surface area contributed by atoms with E-state index in [9.17, 15) is 4.79 Å². The van der Waals surface area contributed by atoms with Crippen LogP contribution in [0.25, 0.3) is 0 Å². The van der Waals surface area contributed by atoms with Crippen molar-refractivity contribution in [3.8, 4) is 0 Å². The zero-order chi connectivity index (χ0) is 13.9. The molecule has 4 heteroatoms. The fourth-order valence-corrected chi connectivity index (χ4v) is 4.74. The van der Waals surface area contributed by atoms with Gasteiger partial charge in [-0.05, 0) is 56.4 Å². The Kier molecular flexibility index (Phi) is 6.36. The number of nitrogens with two attached hydrogens (primary N) is 1. The van der Waals surface area contributed by atoms with Crippen molar-refractivity contribution in [3.05, 3.63) is 0 Å². The van der Waals surface area contributed by atoms with Gasteiger partial charge in [-0.15, -0.1) is 12.4 Å². The lowest BCUT2D eigenvalue weighted by molar-refractivity contribution is -0.139. The highest BCUT2D eigenvalue weighted by atomic mass is 35.5. The van der Waals surface area contributed by atoms with Crippen LogP contribution in [0.15, 0.2) is 0 Å². The van der Waals surface area contributed by atoms with Crippen LogP contribution in [-0.4, -0.2) is 30.4 Å². The summed E-state index contributed by atoms with van der Waals surface area (Å²) in [7, 11) is 0. The molecule has 3 nitrogen and oxygen atoms in total. The van der Waals surface area contributed by atoms with Crippen molar-refractivity contribution in [1.29, 1.82) is 0 Å². The third kappa shape index (κ3) is 3.92. The number of halogens is 1. The molecule has 0 radical (unpaired) electrons. The highest BCUT2D eigenvalue weighted by molar-refractivity contribution is 5.85. The van der Waals surface area contributed by atoms with Crippen molar-refractivity contribution in [2.75, 3.05) is 19.6 Å². The molecule has 21 heavy (non-hydrogen) atoms. The number of carbonyl (C=O) groups excluding carboxylic acids is 1. The molecule has 1 aliphatic heterocycles. The fourth-order valence-electron chi connectivity index (χ4n) is 4.74. The van der Waals surface area contributed by atoms with E-state index in [0.29, 0.717) is 17.7 Å². The lowest BCUT2D eigenvalue weighted by Crippen LogP contribution is -2.44. The summed E-state index contributed by atoms with van der Waals surface area (Å²) in [6.07, 6.45) is 11.5. The van der Waals surface area contributed by atoms with Gasteiger partial charge in [-0.2, -0.15) is 0 Å². The molecule has 3 aliphatic rings. The largest absolute Gasteiger partial charge is 0.342 e. The maximum Gasteiger partial charge on any atom is 0.225 e. The molecular weight excluding hydrogens is 284 g/mol. The molecule has 3 atom stereocenters. The fraction of sp³-hybridized carbons (Fsp3) is 0.941. The summed E-state index contributed by atoms with van der Waals surface area (Å²) in [5.41, 5.74) is 5.74. The van der Waals surface area contributed by atoms with Crippen molar-refractivity contribution in [1.82, 2.24) is 4.90 Å². The van der Waals surface area contributed by atoms with Crippen LogP contribution in [0, 0.1) is 23.7 Å². The summed E-state index contributed by atoms with van der Waals surface area (Å²) in [4.78, 5) is 14.9. The minimum absolute atomic E-state index is 0. The first-order chi connectivity index (χ1) is 9.78. The van der Waals surface area contributed by atoms with Gasteiger partial charge in [-0.3, -0.25) is 4.79 Å². The van der Waals surface area contributed by atoms with E-state index in [1.54, 1.807) is 0 Å². The molecule has 1 amide bonds. The second-order valence-electron chi connectivity index (χ2n) is 7.32. The highest BCUT2D eigenvalue weighted by Gasteiger charge is 2.37. The van der Waals surface area contributed by atoms with Crippen molar-refractivity contribution >= 4 is 18.3 Å². The standard InChI is InChI=1S/C17H30N2O.ClH/c18-12-13-7-9-19(10-8-13)17(20)16-6-5-14-3-1-2-4-15(14)11-16;/h13-16H,1-12,18H2;1H. The number of amides is 1. The number of nitrogens with zero attached hydrogens (tertiary/aromatic N) is 1. The number of piperidine rings is 1. The summed E-state index contributed by atoms with van der Waals surface area (Å²) in [5.74, 6) is 3.24. The topological polar surface area (TPSA) is 46.3 Å². The third-order valence-corrected chi connectivity index (χ3v) is 6.15. The minimum Gasteiger partial charge on any atom is -0.342 e. The van der Waals surface area contributed by atoms with Crippen molar-refractivity contribution in [2.45, 2.75) is 57.8 Å². The van der Waals surface area contributed by atoms with Gasteiger partial charge in [-0.1, -0.05) is 25.7 Å². The van der Waals surface area contributed by atoms with Crippen LogP contribution < -0.4 is 5.73 Å². The van der Waals surface area contributed by atoms with Gasteiger partial charge >= 0.3 is 0 Å². The molecule has 1 heterocycles. The second kappa shape index (κ2) is 7.82. The lowest BCUT2D eigenvalue weighted by atomic mass is 9.67. The van der Waals surface area contributed by atoms with Crippen LogP contribution in [0.2, 0.25) is 0 Å². The van der Waals surface area contributed by atoms with E-state index in [1.165, 1.54) is 38.5 Å². The van der Waals surface area contributed by atoms with Gasteiger partial charge in [0, 0.05) is 19.0 Å². The van der Waals surface area contributed by atoms with E-state index < -0.39 is 0 Å². The Balaban J connectivity index is 0.00000161. The summed E-state index contributed by atoms with van der Waals surface area (Å²) in [6, 6.07) is 0. The van der Waals surface area contributed by atoms with Crippen molar-refractivity contribution in [3.63, 3.8) is 0 Å². The van der Waals surface area contributed by atoms with Crippen molar-refractivity contribution < 1.29 is 4.79 Å². The van der Waals surface area contributed by atoms with Crippen LogP contribution in [0.3, 0.4) is 0 Å². The first-order valence-electron chi connectivity index (χ1n) is 8.76. The Morgan fingerprint density at radius 1 is 0.952 bits per heavy atom. The van der Waals surface area contributed by atoms with Crippen LogP contribution in [0.1, 0.15) is 57.8 Å². The van der Waals surface area contributed by atoms with Crippen LogP contribution in [-0.2, 0) is 4.79 Å². The maximum absolute atomic E-state index is 12.7. The van der Waals surface area contributed by atoms with Crippen LogP contribution in [0.5, 0.6) is 0 Å². The molecule has 3 unspecified atom stereocenters. The molecule has 0 spiro atoms. The molecule has 2 saturated carbocycles. The summed E-state index contributed by atoms with van der Waals surface area (Å²) < 4.78 is 0. The van der Waals surface area contributed by atoms with Gasteiger partial charge in [0.05, 0.1) is 0 Å². The Morgan fingerprint density at radius 2 is 1.62 bits per heavy atom. The van der Waals surface area contributed by atoms with E-state index in [1.807, 2.05) is 0 Å². The average Bonchev–Trinajstić information content (AvgIpc) is 2.54. The molecule has 3 fully saturated rings. The monoisotopic (exact) mass is 314 g/mol. The van der Waals surface area contributed by atoms with Crippen LogP contribution >= 0.6 is 12.4 Å². The first-order valence-corrected chi connectivity index (χ1v) is 8.76. The SMILES string of the molecule is Cl.NCC1CCN(C(=O)C2CCC3CCCCC3C2)CC1. The summed E-state index contributed by atoms with van der Waals surface area (Å²) >= 11 is 0. The van der Waals surface area contributed by atoms with Gasteiger partial charge in [0.1, 0.15) is 0 Å². The third-order valence-electron chi connectivity index (χ3n) is 6.15. The number of carbonyl (C=O) groups is 1. The smallest absolute Gasteiger partial charge is 0.225 e. The average molecular weight is 315 g/mol. The molecule has 2 N–H and O–H groups in total. The second-order valence-corrected chi connectivity index (χ2v) is 7.32. The molecular formula is C17H31ClN2O. The molecule has 1 saturated heterocycles. The van der Waals surface area contributed by atoms with Gasteiger partial charge in [0.25, 0.3) is 0 Å². The Labute approximate surface area is 135 Å².